The first-order chi connectivity index (χ1) is 24.3. The van der Waals surface area contributed by atoms with Crippen molar-refractivity contribution in [2.45, 2.75) is 5.41 Å². The molecule has 0 aliphatic heterocycles. The van der Waals surface area contributed by atoms with Crippen molar-refractivity contribution in [2.24, 2.45) is 0 Å². The molecule has 9 aromatic rings. The molecule has 0 saturated carbocycles. The van der Waals surface area contributed by atoms with Gasteiger partial charge in [0.2, 0.25) is 0 Å². The zero-order valence-corrected chi connectivity index (χ0v) is 26.7. The van der Waals surface area contributed by atoms with Crippen LogP contribution in [0.25, 0.3) is 88.0 Å². The Labute approximate surface area is 284 Å². The highest BCUT2D eigenvalue weighted by atomic mass is 14.5. The Morgan fingerprint density at radius 3 is 1.55 bits per heavy atom. The van der Waals surface area contributed by atoms with Crippen LogP contribution in [0.15, 0.2) is 170 Å². The molecule has 3 aliphatic rings. The van der Waals surface area contributed by atoms with Gasteiger partial charge in [-0.2, -0.15) is 0 Å². The minimum absolute atomic E-state index is 0.368. The zero-order chi connectivity index (χ0) is 31.8. The zero-order valence-electron chi connectivity index (χ0n) is 26.7. The molecule has 12 rings (SSSR count). The molecule has 224 valence electrons. The SMILES string of the molecule is c1ccc2c(c1)-c1ccccc1C21c2ccccc2-c2c1cc1c3c(cccc23)-c2cc3cccc(-c4cccc5ccccc45)c3cc2-1. The van der Waals surface area contributed by atoms with Crippen LogP contribution in [0.4, 0.5) is 0 Å². The Balaban J connectivity index is 1.21. The van der Waals surface area contributed by atoms with E-state index in [4.69, 9.17) is 0 Å². The molecule has 0 atom stereocenters. The van der Waals surface area contributed by atoms with Crippen molar-refractivity contribution in [3.05, 3.63) is 192 Å². The fourth-order valence-corrected chi connectivity index (χ4v) is 9.96. The van der Waals surface area contributed by atoms with Gasteiger partial charge in [-0.15, -0.1) is 0 Å². The van der Waals surface area contributed by atoms with Crippen LogP contribution in [-0.2, 0) is 5.41 Å². The normalized spacial score (nSPS) is 13.9. The summed E-state index contributed by atoms with van der Waals surface area (Å²) in [5, 5.41) is 7.87. The van der Waals surface area contributed by atoms with Gasteiger partial charge in [0.25, 0.3) is 0 Å². The quantitative estimate of drug-likeness (QED) is 0.172. The molecule has 0 N–H and O–H groups in total. The third-order valence-electron chi connectivity index (χ3n) is 11.8. The van der Waals surface area contributed by atoms with Gasteiger partial charge in [0.05, 0.1) is 5.41 Å². The van der Waals surface area contributed by atoms with E-state index in [1.54, 1.807) is 0 Å². The number of rotatable bonds is 1. The van der Waals surface area contributed by atoms with Crippen LogP contribution in [0.5, 0.6) is 0 Å². The maximum atomic E-state index is 2.58. The van der Waals surface area contributed by atoms with Crippen molar-refractivity contribution >= 4 is 32.3 Å². The molecule has 49 heavy (non-hydrogen) atoms. The second kappa shape index (κ2) is 9.01. The van der Waals surface area contributed by atoms with Crippen LogP contribution >= 0.6 is 0 Å². The summed E-state index contributed by atoms with van der Waals surface area (Å²) >= 11 is 0. The summed E-state index contributed by atoms with van der Waals surface area (Å²) in [6.07, 6.45) is 0. The molecular weight excluding hydrogens is 589 g/mol. The third kappa shape index (κ3) is 3.02. The van der Waals surface area contributed by atoms with E-state index in [1.165, 1.54) is 110 Å². The van der Waals surface area contributed by atoms with Gasteiger partial charge in [0.15, 0.2) is 0 Å². The average molecular weight is 617 g/mol. The van der Waals surface area contributed by atoms with Crippen LogP contribution in [0.3, 0.4) is 0 Å². The summed E-state index contributed by atoms with van der Waals surface area (Å²) < 4.78 is 0. The Morgan fingerprint density at radius 2 is 0.776 bits per heavy atom. The average Bonchev–Trinajstić information content (AvgIpc) is 3.76. The van der Waals surface area contributed by atoms with Gasteiger partial charge < -0.3 is 0 Å². The molecule has 1 spiro atoms. The molecule has 9 aromatic carbocycles. The summed E-state index contributed by atoms with van der Waals surface area (Å²) in [7, 11) is 0. The van der Waals surface area contributed by atoms with E-state index < -0.39 is 0 Å². The smallest absolute Gasteiger partial charge is 0.0619 e. The lowest BCUT2D eigenvalue weighted by Crippen LogP contribution is -2.25. The standard InChI is InChI=1S/C49H28/c1-2-15-31-29(12-1)13-9-19-32(31)33-20-10-14-30-26-40-36-21-11-22-38-47(36)42(41(40)27-39(30)33)28-46-48(38)37-18-5-8-25-45(37)49(46)43-23-6-3-16-34(43)35-17-4-7-24-44(35)49/h1-28H. The van der Waals surface area contributed by atoms with Gasteiger partial charge in [-0.1, -0.05) is 152 Å². The van der Waals surface area contributed by atoms with Gasteiger partial charge in [-0.05, 0) is 128 Å². The molecular formula is C49H28. The van der Waals surface area contributed by atoms with Gasteiger partial charge in [-0.25, -0.2) is 0 Å². The first kappa shape index (κ1) is 25.8. The topological polar surface area (TPSA) is 0 Å². The van der Waals surface area contributed by atoms with Gasteiger partial charge >= 0.3 is 0 Å². The molecule has 0 saturated heterocycles. The fraction of sp³-hybridized carbons (Fsp3) is 0.0204. The largest absolute Gasteiger partial charge is 0.0725 e. The van der Waals surface area contributed by atoms with E-state index >= 15 is 0 Å². The van der Waals surface area contributed by atoms with Gasteiger partial charge in [0.1, 0.15) is 0 Å². The minimum atomic E-state index is -0.368. The summed E-state index contributed by atoms with van der Waals surface area (Å²) in [6, 6.07) is 64.1. The number of hydrogen-bond donors (Lipinski definition) is 0. The van der Waals surface area contributed by atoms with E-state index in [0.717, 1.165) is 0 Å². The van der Waals surface area contributed by atoms with Crippen molar-refractivity contribution < 1.29 is 0 Å². The Hall–Kier alpha value is -6.24. The van der Waals surface area contributed by atoms with Crippen LogP contribution in [0, 0.1) is 0 Å². The molecule has 0 bridgehead atoms. The maximum Gasteiger partial charge on any atom is 0.0725 e. The van der Waals surface area contributed by atoms with E-state index in [2.05, 4.69) is 170 Å². The highest BCUT2D eigenvalue weighted by Gasteiger charge is 2.52. The second-order valence-electron chi connectivity index (χ2n) is 13.9. The lowest BCUT2D eigenvalue weighted by molar-refractivity contribution is 0.795. The summed E-state index contributed by atoms with van der Waals surface area (Å²) in [5.41, 5.74) is 18.6. The molecule has 0 fully saturated rings. The molecule has 0 heterocycles. The summed E-state index contributed by atoms with van der Waals surface area (Å²) in [5.74, 6) is 0. The molecule has 0 unspecified atom stereocenters. The van der Waals surface area contributed by atoms with Gasteiger partial charge in [0, 0.05) is 0 Å². The molecule has 0 radical (unpaired) electrons. The maximum absolute atomic E-state index is 2.58. The number of fused-ring (bicyclic) bond motifs is 16. The summed E-state index contributed by atoms with van der Waals surface area (Å²) in [6.45, 7) is 0. The molecule has 3 aliphatic carbocycles. The van der Waals surface area contributed by atoms with Crippen LogP contribution in [0.2, 0.25) is 0 Å². The Bertz CT molecular complexity index is 2890. The Kier molecular flexibility index (Phi) is 4.74. The predicted molar refractivity (Wildman–Crippen MR) is 205 cm³/mol. The van der Waals surface area contributed by atoms with Gasteiger partial charge in [-0.3, -0.25) is 0 Å². The van der Waals surface area contributed by atoms with E-state index in [1.807, 2.05) is 0 Å². The van der Waals surface area contributed by atoms with Crippen molar-refractivity contribution in [2.75, 3.05) is 0 Å². The Morgan fingerprint density at radius 1 is 0.265 bits per heavy atom. The first-order valence-electron chi connectivity index (χ1n) is 17.3. The van der Waals surface area contributed by atoms with Crippen molar-refractivity contribution in [1.29, 1.82) is 0 Å². The second-order valence-corrected chi connectivity index (χ2v) is 13.9. The van der Waals surface area contributed by atoms with Crippen molar-refractivity contribution in [3.63, 3.8) is 0 Å². The number of hydrogen-bond acceptors (Lipinski definition) is 0. The van der Waals surface area contributed by atoms with Crippen molar-refractivity contribution in [3.8, 4) is 55.6 Å². The third-order valence-corrected chi connectivity index (χ3v) is 11.8. The van der Waals surface area contributed by atoms with Crippen LogP contribution < -0.4 is 0 Å². The monoisotopic (exact) mass is 616 g/mol. The highest BCUT2D eigenvalue weighted by Crippen LogP contribution is 2.65. The highest BCUT2D eigenvalue weighted by molar-refractivity contribution is 6.23. The molecule has 0 aromatic heterocycles. The summed E-state index contributed by atoms with van der Waals surface area (Å²) in [4.78, 5) is 0. The molecule has 0 nitrogen and oxygen atoms in total. The lowest BCUT2D eigenvalue weighted by Gasteiger charge is -2.30. The van der Waals surface area contributed by atoms with E-state index in [0.29, 0.717) is 0 Å². The molecule has 0 amide bonds. The fourth-order valence-electron chi connectivity index (χ4n) is 9.96. The predicted octanol–water partition coefficient (Wildman–Crippen LogP) is 12.8. The van der Waals surface area contributed by atoms with Crippen LogP contribution in [-0.4, -0.2) is 0 Å². The van der Waals surface area contributed by atoms with Crippen LogP contribution in [0.1, 0.15) is 22.3 Å². The lowest BCUT2D eigenvalue weighted by atomic mass is 9.70. The van der Waals surface area contributed by atoms with E-state index in [9.17, 15) is 0 Å². The van der Waals surface area contributed by atoms with E-state index in [-0.39, 0.29) is 5.41 Å². The van der Waals surface area contributed by atoms with Crippen molar-refractivity contribution in [1.82, 2.24) is 0 Å². The first-order valence-corrected chi connectivity index (χ1v) is 17.3. The minimum Gasteiger partial charge on any atom is -0.0619 e. The number of benzene rings is 9. The molecule has 0 heteroatoms.